The van der Waals surface area contributed by atoms with Crippen molar-refractivity contribution in [2.45, 2.75) is 32.2 Å². The van der Waals surface area contributed by atoms with Gasteiger partial charge in [-0.1, -0.05) is 49.4 Å². The van der Waals surface area contributed by atoms with E-state index in [1.165, 1.54) is 5.56 Å². The van der Waals surface area contributed by atoms with Gasteiger partial charge in [0.2, 0.25) is 0 Å². The highest BCUT2D eigenvalue weighted by Gasteiger charge is 2.31. The molecular weight excluding hydrogens is 236 g/mol. The molecule has 1 fully saturated rings. The molecule has 0 spiro atoms. The number of nitrogens with one attached hydrogen (secondary N) is 1. The summed E-state index contributed by atoms with van der Waals surface area (Å²) in [6.45, 7) is 3.51. The molecule has 3 nitrogen and oxygen atoms in total. The molecule has 0 aromatic heterocycles. The zero-order valence-electron chi connectivity index (χ0n) is 11.5. The van der Waals surface area contributed by atoms with Gasteiger partial charge >= 0.3 is 6.03 Å². The smallest absolute Gasteiger partial charge is 0.317 e. The third-order valence-electron chi connectivity index (χ3n) is 3.19. The van der Waals surface area contributed by atoms with E-state index >= 15 is 0 Å². The lowest BCUT2D eigenvalue weighted by Crippen LogP contribution is -2.41. The van der Waals surface area contributed by atoms with Crippen molar-refractivity contribution in [1.29, 1.82) is 0 Å². The summed E-state index contributed by atoms with van der Waals surface area (Å²) in [7, 11) is 0. The Morgan fingerprint density at radius 3 is 2.74 bits per heavy atom. The van der Waals surface area contributed by atoms with Gasteiger partial charge in [0.25, 0.3) is 0 Å². The summed E-state index contributed by atoms with van der Waals surface area (Å²) in [5.41, 5.74) is 1.17. The summed E-state index contributed by atoms with van der Waals surface area (Å²) in [6.07, 6.45) is 7.39. The van der Waals surface area contributed by atoms with Crippen molar-refractivity contribution < 1.29 is 4.79 Å². The quantitative estimate of drug-likeness (QED) is 0.834. The van der Waals surface area contributed by atoms with Crippen LogP contribution in [0.4, 0.5) is 4.79 Å². The van der Waals surface area contributed by atoms with E-state index in [1.807, 2.05) is 23.1 Å². The number of urea groups is 1. The molecule has 1 aliphatic rings. The van der Waals surface area contributed by atoms with Gasteiger partial charge in [0, 0.05) is 19.1 Å². The van der Waals surface area contributed by atoms with Crippen LogP contribution in [0.25, 0.3) is 6.08 Å². The van der Waals surface area contributed by atoms with Crippen molar-refractivity contribution in [2.75, 3.05) is 13.1 Å². The number of carbonyl (C=O) groups excluding carboxylic acids is 1. The Bertz CT molecular complexity index is 424. The fourth-order valence-electron chi connectivity index (χ4n) is 1.98. The van der Waals surface area contributed by atoms with Crippen molar-refractivity contribution >= 4 is 12.1 Å². The highest BCUT2D eigenvalue weighted by Crippen LogP contribution is 2.26. The second-order valence-corrected chi connectivity index (χ2v) is 4.93. The zero-order valence-corrected chi connectivity index (χ0v) is 11.5. The number of carbonyl (C=O) groups is 1. The minimum Gasteiger partial charge on any atom is -0.338 e. The topological polar surface area (TPSA) is 32.3 Å². The zero-order chi connectivity index (χ0) is 13.5. The fraction of sp³-hybridized carbons (Fsp3) is 0.438. The van der Waals surface area contributed by atoms with Crippen molar-refractivity contribution in [3.63, 3.8) is 0 Å². The molecular formula is C16H22N2O. The molecule has 1 aromatic rings. The third kappa shape index (κ3) is 4.43. The normalized spacial score (nSPS) is 14.6. The van der Waals surface area contributed by atoms with E-state index in [0.717, 1.165) is 25.8 Å². The first kappa shape index (κ1) is 13.7. The molecule has 1 aliphatic carbocycles. The first-order valence-electron chi connectivity index (χ1n) is 7.07. The summed E-state index contributed by atoms with van der Waals surface area (Å²) in [5.74, 6) is 0. The lowest BCUT2D eigenvalue weighted by atomic mass is 10.2. The van der Waals surface area contributed by atoms with E-state index in [4.69, 9.17) is 0 Å². The average molecular weight is 258 g/mol. The van der Waals surface area contributed by atoms with Gasteiger partial charge in [0.05, 0.1) is 0 Å². The Kier molecular flexibility index (Phi) is 5.01. The second-order valence-electron chi connectivity index (χ2n) is 4.93. The minimum atomic E-state index is 0.0714. The minimum absolute atomic E-state index is 0.0714. The van der Waals surface area contributed by atoms with Crippen molar-refractivity contribution in [3.05, 3.63) is 42.0 Å². The molecule has 1 saturated carbocycles. The number of benzene rings is 1. The maximum absolute atomic E-state index is 12.0. The van der Waals surface area contributed by atoms with Crippen molar-refractivity contribution in [2.24, 2.45) is 0 Å². The molecule has 1 N–H and O–H groups in total. The third-order valence-corrected chi connectivity index (χ3v) is 3.19. The second kappa shape index (κ2) is 6.98. The van der Waals surface area contributed by atoms with E-state index in [0.29, 0.717) is 12.6 Å². The average Bonchev–Trinajstić information content (AvgIpc) is 3.26. The van der Waals surface area contributed by atoms with Crippen LogP contribution < -0.4 is 5.32 Å². The molecule has 2 amide bonds. The number of nitrogens with zero attached hydrogens (tertiary/aromatic N) is 1. The molecule has 0 radical (unpaired) electrons. The summed E-state index contributed by atoms with van der Waals surface area (Å²) in [4.78, 5) is 13.9. The number of rotatable bonds is 6. The standard InChI is InChI=1S/C16H22N2O/c1-2-12-17-16(19)18(15-10-11-15)13-6-9-14-7-4-3-5-8-14/h3-9,15H,2,10-13H2,1H3,(H,17,19)/b9-6+. The predicted molar refractivity (Wildman–Crippen MR) is 78.9 cm³/mol. The molecule has 0 saturated heterocycles. The van der Waals surface area contributed by atoms with E-state index in [2.05, 4.69) is 36.5 Å². The Hall–Kier alpha value is -1.77. The van der Waals surface area contributed by atoms with Crippen LogP contribution in [0.2, 0.25) is 0 Å². The van der Waals surface area contributed by atoms with Gasteiger partial charge in [-0.15, -0.1) is 0 Å². The Morgan fingerprint density at radius 1 is 1.37 bits per heavy atom. The Morgan fingerprint density at radius 2 is 2.11 bits per heavy atom. The van der Waals surface area contributed by atoms with Crippen molar-refractivity contribution in [3.8, 4) is 0 Å². The molecule has 0 bridgehead atoms. The van der Waals surface area contributed by atoms with Crippen LogP contribution in [-0.4, -0.2) is 30.1 Å². The molecule has 102 valence electrons. The van der Waals surface area contributed by atoms with E-state index < -0.39 is 0 Å². The van der Waals surface area contributed by atoms with E-state index in [1.54, 1.807) is 0 Å². The van der Waals surface area contributed by atoms with Gasteiger partial charge in [-0.05, 0) is 24.8 Å². The number of amides is 2. The highest BCUT2D eigenvalue weighted by molar-refractivity contribution is 5.75. The largest absolute Gasteiger partial charge is 0.338 e. The van der Waals surface area contributed by atoms with Gasteiger partial charge in [-0.25, -0.2) is 4.79 Å². The molecule has 0 atom stereocenters. The van der Waals surface area contributed by atoms with Crippen molar-refractivity contribution in [1.82, 2.24) is 10.2 Å². The lowest BCUT2D eigenvalue weighted by Gasteiger charge is -2.21. The molecule has 0 aliphatic heterocycles. The highest BCUT2D eigenvalue weighted by atomic mass is 16.2. The number of hydrogen-bond donors (Lipinski definition) is 1. The van der Waals surface area contributed by atoms with Gasteiger partial charge in [0.1, 0.15) is 0 Å². The van der Waals surface area contributed by atoms with E-state index in [-0.39, 0.29) is 6.03 Å². The van der Waals surface area contributed by atoms with Crippen LogP contribution in [-0.2, 0) is 0 Å². The maximum atomic E-state index is 12.0. The van der Waals surface area contributed by atoms with Crippen LogP contribution in [0.5, 0.6) is 0 Å². The molecule has 1 aromatic carbocycles. The molecule has 3 heteroatoms. The predicted octanol–water partition coefficient (Wildman–Crippen LogP) is 3.28. The maximum Gasteiger partial charge on any atom is 0.317 e. The summed E-state index contributed by atoms with van der Waals surface area (Å²) in [6, 6.07) is 10.7. The van der Waals surface area contributed by atoms with Crippen LogP contribution in [0.3, 0.4) is 0 Å². The first-order valence-corrected chi connectivity index (χ1v) is 7.07. The van der Waals surface area contributed by atoms with Crippen LogP contribution in [0.1, 0.15) is 31.7 Å². The van der Waals surface area contributed by atoms with Crippen LogP contribution in [0.15, 0.2) is 36.4 Å². The van der Waals surface area contributed by atoms with E-state index in [9.17, 15) is 4.79 Å². The molecule has 0 unspecified atom stereocenters. The lowest BCUT2D eigenvalue weighted by molar-refractivity contribution is 0.201. The molecule has 19 heavy (non-hydrogen) atoms. The van der Waals surface area contributed by atoms with Gasteiger partial charge in [0.15, 0.2) is 0 Å². The Balaban J connectivity index is 1.87. The van der Waals surface area contributed by atoms with Crippen LogP contribution >= 0.6 is 0 Å². The van der Waals surface area contributed by atoms with Gasteiger partial charge in [-0.2, -0.15) is 0 Å². The van der Waals surface area contributed by atoms with Gasteiger partial charge < -0.3 is 10.2 Å². The summed E-state index contributed by atoms with van der Waals surface area (Å²) >= 11 is 0. The number of hydrogen-bond acceptors (Lipinski definition) is 1. The fourth-order valence-corrected chi connectivity index (χ4v) is 1.98. The van der Waals surface area contributed by atoms with Crippen LogP contribution in [0, 0.1) is 0 Å². The first-order chi connectivity index (χ1) is 9.31. The molecule has 0 heterocycles. The SMILES string of the molecule is CCCNC(=O)N(C/C=C/c1ccccc1)C1CC1. The summed E-state index contributed by atoms with van der Waals surface area (Å²) in [5, 5.41) is 2.96. The summed E-state index contributed by atoms with van der Waals surface area (Å²) < 4.78 is 0. The Labute approximate surface area is 115 Å². The monoisotopic (exact) mass is 258 g/mol. The van der Waals surface area contributed by atoms with Gasteiger partial charge in [-0.3, -0.25) is 0 Å². The molecule has 2 rings (SSSR count).